The van der Waals surface area contributed by atoms with E-state index in [9.17, 15) is 9.59 Å². The Kier molecular flexibility index (Phi) is 5.58. The first-order valence-corrected chi connectivity index (χ1v) is 5.98. The van der Waals surface area contributed by atoms with Crippen molar-refractivity contribution >= 4 is 23.5 Å². The van der Waals surface area contributed by atoms with Gasteiger partial charge in [-0.25, -0.2) is 0 Å². The fraction of sp³-hybridized carbons (Fsp3) is 0.417. The molecule has 98 valence electrons. The number of nitrogens with zero attached hydrogens (tertiary/aromatic N) is 1. The lowest BCUT2D eigenvalue weighted by atomic mass is 10.1. The molecule has 18 heavy (non-hydrogen) atoms. The number of carboxylic acid groups (broad SMARTS) is 1. The van der Waals surface area contributed by atoms with Gasteiger partial charge in [0.05, 0.1) is 10.6 Å². The molecule has 6 heteroatoms. The molecule has 1 unspecified atom stereocenters. The smallest absolute Gasteiger partial charge is 0.303 e. The Morgan fingerprint density at radius 2 is 2.28 bits per heavy atom. The highest BCUT2D eigenvalue weighted by Crippen LogP contribution is 2.13. The van der Waals surface area contributed by atoms with Crippen molar-refractivity contribution in [2.75, 3.05) is 6.54 Å². The summed E-state index contributed by atoms with van der Waals surface area (Å²) in [6, 6.07) is 1.54. The lowest BCUT2D eigenvalue weighted by molar-refractivity contribution is -0.137. The van der Waals surface area contributed by atoms with Gasteiger partial charge >= 0.3 is 5.97 Å². The van der Waals surface area contributed by atoms with E-state index in [4.69, 9.17) is 16.7 Å². The summed E-state index contributed by atoms with van der Waals surface area (Å²) in [7, 11) is 0. The first-order valence-electron chi connectivity index (χ1n) is 5.60. The van der Waals surface area contributed by atoms with E-state index in [1.807, 2.05) is 6.92 Å². The van der Waals surface area contributed by atoms with Crippen molar-refractivity contribution in [1.29, 1.82) is 0 Å². The number of rotatable bonds is 6. The fourth-order valence-corrected chi connectivity index (χ4v) is 1.60. The second-order valence-electron chi connectivity index (χ2n) is 4.10. The molecule has 0 radical (unpaired) electrons. The molecule has 1 aromatic rings. The van der Waals surface area contributed by atoms with Crippen LogP contribution in [0.2, 0.25) is 5.02 Å². The number of nitrogens with one attached hydrogen (secondary N) is 1. The third kappa shape index (κ3) is 4.71. The first kappa shape index (κ1) is 14.4. The van der Waals surface area contributed by atoms with Crippen molar-refractivity contribution in [2.24, 2.45) is 5.92 Å². The van der Waals surface area contributed by atoms with Gasteiger partial charge < -0.3 is 10.4 Å². The van der Waals surface area contributed by atoms with Crippen LogP contribution in [0.5, 0.6) is 0 Å². The minimum atomic E-state index is -0.828. The maximum atomic E-state index is 11.8. The van der Waals surface area contributed by atoms with Crippen LogP contribution in [0.3, 0.4) is 0 Å². The van der Waals surface area contributed by atoms with Crippen LogP contribution < -0.4 is 5.32 Å². The van der Waals surface area contributed by atoms with Gasteiger partial charge in [0.2, 0.25) is 0 Å². The van der Waals surface area contributed by atoms with Crippen LogP contribution in [-0.4, -0.2) is 28.5 Å². The molecule has 0 aliphatic carbocycles. The van der Waals surface area contributed by atoms with Gasteiger partial charge in [-0.05, 0) is 18.4 Å². The van der Waals surface area contributed by atoms with Crippen molar-refractivity contribution in [3.63, 3.8) is 0 Å². The average molecular weight is 271 g/mol. The predicted molar refractivity (Wildman–Crippen MR) is 67.6 cm³/mol. The topological polar surface area (TPSA) is 79.3 Å². The molecule has 1 rings (SSSR count). The van der Waals surface area contributed by atoms with E-state index >= 15 is 0 Å². The van der Waals surface area contributed by atoms with Gasteiger partial charge in [0.25, 0.3) is 5.91 Å². The number of carbonyl (C=O) groups is 2. The largest absolute Gasteiger partial charge is 0.481 e. The Morgan fingerprint density at radius 3 is 2.89 bits per heavy atom. The monoisotopic (exact) mass is 270 g/mol. The summed E-state index contributed by atoms with van der Waals surface area (Å²) in [5.74, 6) is -0.999. The second kappa shape index (κ2) is 6.96. The zero-order chi connectivity index (χ0) is 13.5. The third-order valence-electron chi connectivity index (χ3n) is 2.48. The molecule has 0 saturated carbocycles. The van der Waals surface area contributed by atoms with Crippen molar-refractivity contribution in [3.05, 3.63) is 29.0 Å². The molecule has 2 N–H and O–H groups in total. The number of aliphatic carboxylic acids is 1. The lowest BCUT2D eigenvalue weighted by Gasteiger charge is -2.11. The molecule has 0 spiro atoms. The third-order valence-corrected chi connectivity index (χ3v) is 2.78. The summed E-state index contributed by atoms with van der Waals surface area (Å²) in [5.41, 5.74) is 0.372. The van der Waals surface area contributed by atoms with Crippen LogP contribution in [0, 0.1) is 5.92 Å². The maximum absolute atomic E-state index is 11.8. The number of hydrogen-bond acceptors (Lipinski definition) is 3. The summed E-state index contributed by atoms with van der Waals surface area (Å²) >= 11 is 5.84. The molecular formula is C12H15ClN2O3. The average Bonchev–Trinajstić information content (AvgIpc) is 2.34. The Bertz CT molecular complexity index is 437. The standard InChI is InChI=1S/C12H15ClN2O3/c1-8(2-3-11(16)17)6-15-12(18)9-4-5-14-7-10(9)13/h4-5,7-8H,2-3,6H2,1H3,(H,15,18)(H,16,17). The number of amides is 1. The first-order chi connectivity index (χ1) is 8.50. The number of pyridine rings is 1. The van der Waals surface area contributed by atoms with E-state index in [0.29, 0.717) is 23.6 Å². The van der Waals surface area contributed by atoms with Gasteiger partial charge in [0.15, 0.2) is 0 Å². The van der Waals surface area contributed by atoms with E-state index in [1.54, 1.807) is 6.07 Å². The summed E-state index contributed by atoms with van der Waals surface area (Å²) in [4.78, 5) is 26.0. The van der Waals surface area contributed by atoms with Gasteiger partial charge in [0, 0.05) is 25.4 Å². The number of aromatic nitrogens is 1. The molecule has 0 saturated heterocycles. The van der Waals surface area contributed by atoms with Crippen molar-refractivity contribution in [1.82, 2.24) is 10.3 Å². The highest BCUT2D eigenvalue weighted by molar-refractivity contribution is 6.33. The van der Waals surface area contributed by atoms with Crippen molar-refractivity contribution in [2.45, 2.75) is 19.8 Å². The minimum absolute atomic E-state index is 0.102. The van der Waals surface area contributed by atoms with E-state index < -0.39 is 5.97 Å². The molecular weight excluding hydrogens is 256 g/mol. The van der Waals surface area contributed by atoms with E-state index in [2.05, 4.69) is 10.3 Å². The summed E-state index contributed by atoms with van der Waals surface area (Å²) in [6.45, 7) is 2.31. The number of carboxylic acids is 1. The van der Waals surface area contributed by atoms with Crippen molar-refractivity contribution in [3.8, 4) is 0 Å². The van der Waals surface area contributed by atoms with Crippen LogP contribution in [0.15, 0.2) is 18.5 Å². The molecule has 1 amide bonds. The Balaban J connectivity index is 2.42. The minimum Gasteiger partial charge on any atom is -0.481 e. The van der Waals surface area contributed by atoms with E-state index in [-0.39, 0.29) is 18.2 Å². The second-order valence-corrected chi connectivity index (χ2v) is 4.51. The molecule has 1 heterocycles. The molecule has 0 aliphatic heterocycles. The van der Waals surface area contributed by atoms with Gasteiger partial charge in [-0.15, -0.1) is 0 Å². The summed E-state index contributed by atoms with van der Waals surface area (Å²) in [5, 5.41) is 11.6. The van der Waals surface area contributed by atoms with Crippen LogP contribution in [0.1, 0.15) is 30.1 Å². The van der Waals surface area contributed by atoms with Gasteiger partial charge in [-0.3, -0.25) is 14.6 Å². The lowest BCUT2D eigenvalue weighted by Crippen LogP contribution is -2.28. The number of halogens is 1. The predicted octanol–water partition coefficient (Wildman–Crippen LogP) is 1.97. The highest BCUT2D eigenvalue weighted by Gasteiger charge is 2.11. The quantitative estimate of drug-likeness (QED) is 0.828. The van der Waals surface area contributed by atoms with Crippen molar-refractivity contribution < 1.29 is 14.7 Å². The summed E-state index contributed by atoms with van der Waals surface area (Å²) < 4.78 is 0. The zero-order valence-corrected chi connectivity index (χ0v) is 10.8. The molecule has 0 aromatic carbocycles. The Morgan fingerprint density at radius 1 is 1.56 bits per heavy atom. The van der Waals surface area contributed by atoms with Gasteiger partial charge in [-0.2, -0.15) is 0 Å². The normalized spacial score (nSPS) is 11.9. The highest BCUT2D eigenvalue weighted by atomic mass is 35.5. The molecule has 1 atom stereocenters. The number of hydrogen-bond donors (Lipinski definition) is 2. The Labute approximate surface area is 110 Å². The molecule has 0 aliphatic rings. The Hall–Kier alpha value is -1.62. The SMILES string of the molecule is CC(CCC(=O)O)CNC(=O)c1ccncc1Cl. The maximum Gasteiger partial charge on any atom is 0.303 e. The van der Waals surface area contributed by atoms with Gasteiger partial charge in [0.1, 0.15) is 0 Å². The van der Waals surface area contributed by atoms with Gasteiger partial charge in [-0.1, -0.05) is 18.5 Å². The molecule has 1 aromatic heterocycles. The molecule has 0 bridgehead atoms. The van der Waals surface area contributed by atoms with Crippen LogP contribution >= 0.6 is 11.6 Å². The van der Waals surface area contributed by atoms with E-state index in [0.717, 1.165) is 0 Å². The number of carbonyl (C=O) groups excluding carboxylic acids is 1. The van der Waals surface area contributed by atoms with Crippen LogP contribution in [-0.2, 0) is 4.79 Å². The molecule has 0 fully saturated rings. The zero-order valence-electron chi connectivity index (χ0n) is 10.0. The summed E-state index contributed by atoms with van der Waals surface area (Å²) in [6.07, 6.45) is 3.53. The van der Waals surface area contributed by atoms with Crippen LogP contribution in [0.4, 0.5) is 0 Å². The molecule has 5 nitrogen and oxygen atoms in total. The fourth-order valence-electron chi connectivity index (χ4n) is 1.39. The van der Waals surface area contributed by atoms with Crippen LogP contribution in [0.25, 0.3) is 0 Å². The van der Waals surface area contributed by atoms with E-state index in [1.165, 1.54) is 12.4 Å².